The fourth-order valence-electron chi connectivity index (χ4n) is 2.46. The zero-order valence-corrected chi connectivity index (χ0v) is 18.1. The van der Waals surface area contributed by atoms with E-state index in [1.54, 1.807) is 19.1 Å². The minimum atomic E-state index is -0.105. The van der Waals surface area contributed by atoms with E-state index in [9.17, 15) is 4.79 Å². The van der Waals surface area contributed by atoms with Crippen LogP contribution >= 0.6 is 24.0 Å². The molecule has 0 N–H and O–H groups in total. The molecule has 1 aliphatic heterocycles. The summed E-state index contributed by atoms with van der Waals surface area (Å²) in [5.74, 6) is 1.36. The molecule has 0 saturated carbocycles. The van der Waals surface area contributed by atoms with E-state index in [0.29, 0.717) is 22.4 Å². The number of unbranched alkanes of at least 4 members (excludes halogenated alkanes) is 2. The van der Waals surface area contributed by atoms with E-state index in [4.69, 9.17) is 21.7 Å². The third-order valence-corrected chi connectivity index (χ3v) is 5.23. The minimum absolute atomic E-state index is 0.105. The summed E-state index contributed by atoms with van der Waals surface area (Å²) in [6.07, 6.45) is 5.99. The van der Waals surface area contributed by atoms with Crippen molar-refractivity contribution < 1.29 is 14.3 Å². The van der Waals surface area contributed by atoms with Crippen LogP contribution in [0.3, 0.4) is 0 Å². The van der Waals surface area contributed by atoms with Gasteiger partial charge in [-0.05, 0) is 36.6 Å². The van der Waals surface area contributed by atoms with Gasteiger partial charge >= 0.3 is 0 Å². The molecule has 27 heavy (non-hydrogen) atoms. The maximum Gasteiger partial charge on any atom is 0.280 e. The number of hydrazine groups is 1. The Hall–Kier alpha value is -1.57. The summed E-state index contributed by atoms with van der Waals surface area (Å²) in [6.45, 7) is 5.58. The Bertz CT molecular complexity index is 704. The Morgan fingerprint density at radius 2 is 1.74 bits per heavy atom. The number of ether oxygens (including phenoxy) is 2. The zero-order valence-electron chi connectivity index (χ0n) is 16.5. The highest BCUT2D eigenvalue weighted by molar-refractivity contribution is 8.26. The average molecular weight is 409 g/mol. The molecule has 0 spiro atoms. The van der Waals surface area contributed by atoms with E-state index in [2.05, 4.69) is 13.8 Å². The van der Waals surface area contributed by atoms with E-state index in [1.807, 2.05) is 24.3 Å². The highest BCUT2D eigenvalue weighted by Gasteiger charge is 2.33. The molecular weight excluding hydrogens is 380 g/mol. The summed E-state index contributed by atoms with van der Waals surface area (Å²) in [5.41, 5.74) is 0.892. The van der Waals surface area contributed by atoms with Crippen molar-refractivity contribution in [3.8, 4) is 11.5 Å². The van der Waals surface area contributed by atoms with Gasteiger partial charge in [-0.3, -0.25) is 4.79 Å². The lowest BCUT2D eigenvalue weighted by Crippen LogP contribution is -2.39. The van der Waals surface area contributed by atoms with Gasteiger partial charge in [-0.2, -0.15) is 0 Å². The third-order valence-electron chi connectivity index (χ3n) is 3.95. The fourth-order valence-corrected chi connectivity index (χ4v) is 3.86. The van der Waals surface area contributed by atoms with Gasteiger partial charge in [-0.1, -0.05) is 56.7 Å². The third kappa shape index (κ3) is 5.96. The number of thiocarbonyl (C=S) groups is 1. The van der Waals surface area contributed by atoms with Crippen molar-refractivity contribution in [2.24, 2.45) is 0 Å². The molecule has 1 saturated heterocycles. The maximum absolute atomic E-state index is 12.6. The summed E-state index contributed by atoms with van der Waals surface area (Å²) < 4.78 is 12.3. The first-order valence-electron chi connectivity index (χ1n) is 9.32. The SMILES string of the molecule is CCCCOc1ccc(/C=C2\SC(=S)N(N(C)C)C2=O)cc1OCCCC. The van der Waals surface area contributed by atoms with Gasteiger partial charge in [0.15, 0.2) is 15.8 Å². The number of rotatable bonds is 10. The molecule has 1 amide bonds. The topological polar surface area (TPSA) is 42.0 Å². The summed E-state index contributed by atoms with van der Waals surface area (Å²) in [7, 11) is 3.60. The van der Waals surface area contributed by atoms with Crippen molar-refractivity contribution in [2.45, 2.75) is 39.5 Å². The standard InChI is InChI=1S/C20H28N2O3S2/c1-5-7-11-24-16-10-9-15(13-17(16)25-12-8-6-2)14-18-19(23)22(21(3)4)20(26)27-18/h9-10,13-14H,5-8,11-12H2,1-4H3/b18-14-. The quantitative estimate of drug-likeness (QED) is 0.317. The van der Waals surface area contributed by atoms with Crippen LogP contribution < -0.4 is 9.47 Å². The van der Waals surface area contributed by atoms with Crippen molar-refractivity contribution >= 4 is 40.3 Å². The fraction of sp³-hybridized carbons (Fsp3) is 0.500. The van der Waals surface area contributed by atoms with Crippen LogP contribution in [0.4, 0.5) is 0 Å². The molecule has 2 rings (SSSR count). The van der Waals surface area contributed by atoms with E-state index in [1.165, 1.54) is 16.8 Å². The minimum Gasteiger partial charge on any atom is -0.490 e. The Kier molecular flexibility index (Phi) is 8.60. The average Bonchev–Trinajstić information content (AvgIpc) is 2.90. The van der Waals surface area contributed by atoms with E-state index < -0.39 is 0 Å². The number of carbonyl (C=O) groups excluding carboxylic acids is 1. The van der Waals surface area contributed by atoms with Gasteiger partial charge in [0, 0.05) is 14.1 Å². The van der Waals surface area contributed by atoms with Crippen LogP contribution in [0.15, 0.2) is 23.1 Å². The smallest absolute Gasteiger partial charge is 0.280 e. The summed E-state index contributed by atoms with van der Waals surface area (Å²) in [4.78, 5) is 13.2. The Morgan fingerprint density at radius 3 is 2.30 bits per heavy atom. The molecule has 0 radical (unpaired) electrons. The number of carbonyl (C=O) groups is 1. The van der Waals surface area contributed by atoms with Gasteiger partial charge < -0.3 is 9.47 Å². The molecule has 0 aromatic heterocycles. The van der Waals surface area contributed by atoms with Crippen LogP contribution in [0.5, 0.6) is 11.5 Å². The Morgan fingerprint density at radius 1 is 1.11 bits per heavy atom. The number of amides is 1. The van der Waals surface area contributed by atoms with E-state index >= 15 is 0 Å². The molecule has 7 heteroatoms. The second-order valence-corrected chi connectivity index (χ2v) is 8.13. The molecule has 1 aromatic rings. The molecule has 0 bridgehead atoms. The normalized spacial score (nSPS) is 15.9. The first-order chi connectivity index (χ1) is 13.0. The molecule has 0 unspecified atom stereocenters. The summed E-state index contributed by atoms with van der Waals surface area (Å²) >= 11 is 6.61. The predicted molar refractivity (Wildman–Crippen MR) is 116 cm³/mol. The van der Waals surface area contributed by atoms with Gasteiger partial charge in [-0.15, -0.1) is 0 Å². The van der Waals surface area contributed by atoms with Gasteiger partial charge in [0.25, 0.3) is 5.91 Å². The Balaban J connectivity index is 2.22. The van der Waals surface area contributed by atoms with Crippen molar-refractivity contribution in [2.75, 3.05) is 27.3 Å². The van der Waals surface area contributed by atoms with Gasteiger partial charge in [0.05, 0.1) is 18.1 Å². The molecular formula is C20H28N2O3S2. The van der Waals surface area contributed by atoms with Crippen LogP contribution in [0.1, 0.15) is 45.1 Å². The molecule has 5 nitrogen and oxygen atoms in total. The van der Waals surface area contributed by atoms with Gasteiger partial charge in [0.2, 0.25) is 0 Å². The number of benzene rings is 1. The van der Waals surface area contributed by atoms with Crippen LogP contribution in [-0.2, 0) is 4.79 Å². The lowest BCUT2D eigenvalue weighted by Gasteiger charge is -2.21. The molecule has 1 aromatic carbocycles. The van der Waals surface area contributed by atoms with Crippen molar-refractivity contribution in [1.82, 2.24) is 10.0 Å². The van der Waals surface area contributed by atoms with Crippen molar-refractivity contribution in [1.29, 1.82) is 0 Å². The van der Waals surface area contributed by atoms with Gasteiger partial charge in [0.1, 0.15) is 0 Å². The predicted octanol–water partition coefficient (Wildman–Crippen LogP) is 4.72. The van der Waals surface area contributed by atoms with Crippen LogP contribution in [-0.4, -0.2) is 47.6 Å². The number of thioether (sulfide) groups is 1. The van der Waals surface area contributed by atoms with Crippen molar-refractivity contribution in [3.63, 3.8) is 0 Å². The van der Waals surface area contributed by atoms with E-state index in [0.717, 1.165) is 42.7 Å². The second-order valence-electron chi connectivity index (χ2n) is 6.45. The van der Waals surface area contributed by atoms with Crippen molar-refractivity contribution in [3.05, 3.63) is 28.7 Å². The van der Waals surface area contributed by atoms with E-state index in [-0.39, 0.29) is 5.91 Å². The molecule has 1 fully saturated rings. The molecule has 1 heterocycles. The lowest BCUT2D eigenvalue weighted by atomic mass is 10.2. The summed E-state index contributed by atoms with van der Waals surface area (Å²) in [5, 5.41) is 3.19. The highest BCUT2D eigenvalue weighted by atomic mass is 32.2. The van der Waals surface area contributed by atoms with Gasteiger partial charge in [-0.25, -0.2) is 10.0 Å². The number of hydrogen-bond donors (Lipinski definition) is 0. The molecule has 148 valence electrons. The Labute approximate surface area is 171 Å². The summed E-state index contributed by atoms with van der Waals surface area (Å²) in [6, 6.07) is 5.78. The zero-order chi connectivity index (χ0) is 19.8. The molecule has 1 aliphatic rings. The molecule has 0 atom stereocenters. The lowest BCUT2D eigenvalue weighted by molar-refractivity contribution is -0.130. The maximum atomic E-state index is 12.6. The molecule has 0 aliphatic carbocycles. The largest absolute Gasteiger partial charge is 0.490 e. The number of nitrogens with zero attached hydrogens (tertiary/aromatic N) is 2. The van der Waals surface area contributed by atoms with Crippen LogP contribution in [0.2, 0.25) is 0 Å². The highest BCUT2D eigenvalue weighted by Crippen LogP contribution is 2.35. The van der Waals surface area contributed by atoms with Crippen LogP contribution in [0, 0.1) is 0 Å². The first kappa shape index (κ1) is 21.7. The van der Waals surface area contributed by atoms with Crippen LogP contribution in [0.25, 0.3) is 6.08 Å². The number of hydrogen-bond acceptors (Lipinski definition) is 6. The second kappa shape index (κ2) is 10.7. The monoisotopic (exact) mass is 408 g/mol. The first-order valence-corrected chi connectivity index (χ1v) is 10.5.